The Labute approximate surface area is 140 Å². The summed E-state index contributed by atoms with van der Waals surface area (Å²) in [6, 6.07) is 7.04. The number of ketones is 1. The Morgan fingerprint density at radius 1 is 1.27 bits per heavy atom. The molecule has 4 nitrogen and oxygen atoms in total. The quantitative estimate of drug-likeness (QED) is 0.675. The second-order valence-corrected chi connectivity index (χ2v) is 7.29. The fourth-order valence-electron chi connectivity index (χ4n) is 2.31. The Morgan fingerprint density at radius 3 is 2.55 bits per heavy atom. The summed E-state index contributed by atoms with van der Waals surface area (Å²) in [5.41, 5.74) is 1.08. The van der Waals surface area contributed by atoms with Gasteiger partial charge in [0.25, 0.3) is 0 Å². The smallest absolute Gasteiger partial charge is 0.237 e. The third-order valence-electron chi connectivity index (χ3n) is 3.58. The molecule has 2 rings (SSSR count). The van der Waals surface area contributed by atoms with Crippen LogP contribution in [0.5, 0.6) is 0 Å². The molecule has 1 aliphatic rings. The summed E-state index contributed by atoms with van der Waals surface area (Å²) in [5, 5.41) is 2.53. The van der Waals surface area contributed by atoms with E-state index < -0.39 is 0 Å². The minimum atomic E-state index is -0.298. The number of nitrogens with zero attached hydrogens (tertiary/aromatic N) is 1. The number of carbonyl (C=O) groups excluding carboxylic acids is 2. The predicted molar refractivity (Wildman–Crippen MR) is 95.5 cm³/mol. The molecule has 1 aromatic rings. The summed E-state index contributed by atoms with van der Waals surface area (Å²) in [5.74, 6) is -0.205. The number of carbonyl (C=O) groups is 2. The number of nitrogens with one attached hydrogen (secondary N) is 1. The number of Topliss-reactive ketones (excluding diaryl/α,β-unsaturated/α-hetero) is 1. The van der Waals surface area contributed by atoms with Crippen LogP contribution in [0.1, 0.15) is 37.0 Å². The molecule has 1 N–H and O–H groups in total. The third kappa shape index (κ3) is 4.30. The Kier molecular flexibility index (Phi) is 5.97. The van der Waals surface area contributed by atoms with Crippen LogP contribution in [-0.2, 0) is 4.79 Å². The number of amides is 1. The second kappa shape index (κ2) is 7.74. The lowest BCUT2D eigenvalue weighted by Gasteiger charge is -2.20. The molecule has 1 amide bonds. The molecule has 22 heavy (non-hydrogen) atoms. The Hall–Kier alpha value is -1.40. The first-order valence-corrected chi connectivity index (χ1v) is 8.64. The van der Waals surface area contributed by atoms with Crippen molar-refractivity contribution in [2.75, 3.05) is 18.4 Å². The van der Waals surface area contributed by atoms with E-state index in [0.29, 0.717) is 11.3 Å². The lowest BCUT2D eigenvalue weighted by molar-refractivity contribution is -0.115. The average Bonchev–Trinajstić information content (AvgIpc) is 3.01. The monoisotopic (exact) mass is 336 g/mol. The molecule has 6 heteroatoms. The van der Waals surface area contributed by atoms with Crippen LogP contribution < -0.4 is 5.32 Å². The van der Waals surface area contributed by atoms with E-state index in [1.807, 2.05) is 6.92 Å². The van der Waals surface area contributed by atoms with E-state index in [9.17, 15) is 9.59 Å². The van der Waals surface area contributed by atoms with E-state index in [1.54, 1.807) is 24.3 Å². The Morgan fingerprint density at radius 2 is 1.91 bits per heavy atom. The van der Waals surface area contributed by atoms with Crippen LogP contribution in [0, 0.1) is 0 Å². The van der Waals surface area contributed by atoms with Gasteiger partial charge in [-0.25, -0.2) is 0 Å². The van der Waals surface area contributed by atoms with Gasteiger partial charge in [-0.05, 0) is 38.8 Å². The standard InChI is InChI=1S/C16H20N2O2S2/c1-11(19)13-7-3-4-8-14(13)17-15(20)12(2)22-16(21)18-9-5-6-10-18/h3-4,7-8,12H,5-6,9-10H2,1-2H3,(H,17,20)/t12-/m1/s1. The fraction of sp³-hybridized carbons (Fsp3) is 0.438. The fourth-order valence-corrected chi connectivity index (χ4v) is 3.73. The highest BCUT2D eigenvalue weighted by Gasteiger charge is 2.22. The summed E-state index contributed by atoms with van der Waals surface area (Å²) in [6.07, 6.45) is 2.32. The molecule has 0 aromatic heterocycles. The molecule has 1 saturated heterocycles. The summed E-state index contributed by atoms with van der Waals surface area (Å²) < 4.78 is 0.778. The van der Waals surface area contributed by atoms with E-state index in [0.717, 1.165) is 30.3 Å². The van der Waals surface area contributed by atoms with Gasteiger partial charge < -0.3 is 10.2 Å². The SMILES string of the molecule is CC(=O)c1ccccc1NC(=O)[C@@H](C)SC(=S)N1CCCC1. The maximum atomic E-state index is 12.3. The van der Waals surface area contributed by atoms with Crippen molar-refractivity contribution in [1.82, 2.24) is 4.90 Å². The van der Waals surface area contributed by atoms with E-state index in [1.165, 1.54) is 18.7 Å². The van der Waals surface area contributed by atoms with Crippen LogP contribution in [0.3, 0.4) is 0 Å². The number of anilines is 1. The van der Waals surface area contributed by atoms with Gasteiger partial charge in [-0.1, -0.05) is 36.1 Å². The predicted octanol–water partition coefficient (Wildman–Crippen LogP) is 3.33. The molecule has 1 heterocycles. The van der Waals surface area contributed by atoms with Gasteiger partial charge in [-0.15, -0.1) is 0 Å². The van der Waals surface area contributed by atoms with E-state index >= 15 is 0 Å². The van der Waals surface area contributed by atoms with Gasteiger partial charge in [-0.2, -0.15) is 0 Å². The summed E-state index contributed by atoms with van der Waals surface area (Å²) >= 11 is 6.79. The molecule has 0 aliphatic carbocycles. The van der Waals surface area contributed by atoms with Crippen molar-refractivity contribution in [2.45, 2.75) is 31.9 Å². The molecule has 0 unspecified atom stereocenters. The largest absolute Gasteiger partial charge is 0.358 e. The molecule has 0 spiro atoms. The van der Waals surface area contributed by atoms with Crippen molar-refractivity contribution in [3.05, 3.63) is 29.8 Å². The molecule has 1 fully saturated rings. The van der Waals surface area contributed by atoms with Crippen molar-refractivity contribution in [3.63, 3.8) is 0 Å². The average molecular weight is 336 g/mol. The van der Waals surface area contributed by atoms with Crippen LogP contribution in [0.4, 0.5) is 5.69 Å². The van der Waals surface area contributed by atoms with Crippen LogP contribution in [0.15, 0.2) is 24.3 Å². The lowest BCUT2D eigenvalue weighted by atomic mass is 10.1. The third-order valence-corrected chi connectivity index (χ3v) is 5.15. The van der Waals surface area contributed by atoms with Gasteiger partial charge in [0.1, 0.15) is 4.32 Å². The minimum absolute atomic E-state index is 0.0659. The molecule has 1 atom stereocenters. The number of para-hydroxylation sites is 1. The van der Waals surface area contributed by atoms with Crippen molar-refractivity contribution in [2.24, 2.45) is 0 Å². The van der Waals surface area contributed by atoms with E-state index in [-0.39, 0.29) is 16.9 Å². The number of thioether (sulfide) groups is 1. The first-order chi connectivity index (χ1) is 10.5. The van der Waals surface area contributed by atoms with Gasteiger partial charge in [0, 0.05) is 18.7 Å². The minimum Gasteiger partial charge on any atom is -0.358 e. The maximum absolute atomic E-state index is 12.3. The number of hydrogen-bond donors (Lipinski definition) is 1. The Balaban J connectivity index is 1.96. The van der Waals surface area contributed by atoms with Crippen molar-refractivity contribution >= 4 is 45.7 Å². The molecule has 118 valence electrons. The highest BCUT2D eigenvalue weighted by Crippen LogP contribution is 2.22. The molecule has 0 saturated carbocycles. The molecule has 1 aromatic carbocycles. The zero-order valence-electron chi connectivity index (χ0n) is 12.8. The number of benzene rings is 1. The van der Waals surface area contributed by atoms with Crippen LogP contribution in [-0.4, -0.2) is 39.3 Å². The highest BCUT2D eigenvalue weighted by atomic mass is 32.2. The first kappa shape index (κ1) is 17.0. The van der Waals surface area contributed by atoms with Gasteiger partial charge in [0.05, 0.1) is 10.9 Å². The van der Waals surface area contributed by atoms with E-state index in [2.05, 4.69) is 10.2 Å². The molecule has 0 bridgehead atoms. The number of rotatable bonds is 4. The number of likely N-dealkylation sites (tertiary alicyclic amines) is 1. The van der Waals surface area contributed by atoms with Crippen LogP contribution in [0.2, 0.25) is 0 Å². The molecule has 0 radical (unpaired) electrons. The topological polar surface area (TPSA) is 49.4 Å². The van der Waals surface area contributed by atoms with Crippen molar-refractivity contribution < 1.29 is 9.59 Å². The molecular weight excluding hydrogens is 316 g/mol. The van der Waals surface area contributed by atoms with E-state index in [4.69, 9.17) is 12.2 Å². The summed E-state index contributed by atoms with van der Waals surface area (Å²) in [7, 11) is 0. The van der Waals surface area contributed by atoms with Gasteiger partial charge in [-0.3, -0.25) is 9.59 Å². The zero-order chi connectivity index (χ0) is 16.1. The second-order valence-electron chi connectivity index (χ2n) is 5.31. The highest BCUT2D eigenvalue weighted by molar-refractivity contribution is 8.23. The van der Waals surface area contributed by atoms with Gasteiger partial charge >= 0.3 is 0 Å². The zero-order valence-corrected chi connectivity index (χ0v) is 14.4. The van der Waals surface area contributed by atoms with Gasteiger partial charge in [0.15, 0.2) is 5.78 Å². The molecule has 1 aliphatic heterocycles. The summed E-state index contributed by atoms with van der Waals surface area (Å²) in [4.78, 5) is 26.0. The van der Waals surface area contributed by atoms with Crippen LogP contribution in [0.25, 0.3) is 0 Å². The number of hydrogen-bond acceptors (Lipinski definition) is 4. The van der Waals surface area contributed by atoms with Crippen LogP contribution >= 0.6 is 24.0 Å². The lowest BCUT2D eigenvalue weighted by Crippen LogP contribution is -2.29. The summed E-state index contributed by atoms with van der Waals surface area (Å²) in [6.45, 7) is 5.28. The molecular formula is C16H20N2O2S2. The normalized spacial score (nSPS) is 15.5. The van der Waals surface area contributed by atoms with Crippen molar-refractivity contribution in [1.29, 1.82) is 0 Å². The number of thiocarbonyl (C=S) groups is 1. The first-order valence-electron chi connectivity index (χ1n) is 7.35. The van der Waals surface area contributed by atoms with Crippen molar-refractivity contribution in [3.8, 4) is 0 Å². The van der Waals surface area contributed by atoms with Gasteiger partial charge in [0.2, 0.25) is 5.91 Å². The Bertz CT molecular complexity index is 583. The maximum Gasteiger partial charge on any atom is 0.237 e.